The average Bonchev–Trinajstić information content (AvgIpc) is 2.48. The third kappa shape index (κ3) is 5.66. The van der Waals surface area contributed by atoms with Crippen LogP contribution in [-0.2, 0) is 27.3 Å². The summed E-state index contributed by atoms with van der Waals surface area (Å²) in [5.41, 5.74) is 1.60. The molecule has 0 aliphatic heterocycles. The second-order valence-electron chi connectivity index (χ2n) is 5.16. The van der Waals surface area contributed by atoms with Gasteiger partial charge in [-0.3, -0.25) is 0 Å². The highest BCUT2D eigenvalue weighted by molar-refractivity contribution is 5.75. The van der Waals surface area contributed by atoms with Crippen LogP contribution >= 0.6 is 0 Å². The molecule has 0 saturated carbocycles. The van der Waals surface area contributed by atoms with E-state index in [1.807, 2.05) is 39.0 Å². The van der Waals surface area contributed by atoms with Gasteiger partial charge in [0, 0.05) is 12.0 Å². The van der Waals surface area contributed by atoms with E-state index in [2.05, 4.69) is 0 Å². The molecule has 0 aliphatic rings. The van der Waals surface area contributed by atoms with Crippen LogP contribution in [0.25, 0.3) is 0 Å². The SMILES string of the molecule is CCOC(=O)C(Cc1ccc(OCC)c(CO)c1)OC(C)C. The molecule has 1 aromatic rings. The molecule has 0 amide bonds. The summed E-state index contributed by atoms with van der Waals surface area (Å²) in [6.45, 7) is 8.16. The predicted molar refractivity (Wildman–Crippen MR) is 83.9 cm³/mol. The van der Waals surface area contributed by atoms with Crippen molar-refractivity contribution in [1.29, 1.82) is 0 Å². The first-order chi connectivity index (χ1) is 10.5. The van der Waals surface area contributed by atoms with Crippen LogP contribution in [0.3, 0.4) is 0 Å². The second-order valence-corrected chi connectivity index (χ2v) is 5.16. The maximum atomic E-state index is 12.0. The van der Waals surface area contributed by atoms with E-state index >= 15 is 0 Å². The van der Waals surface area contributed by atoms with E-state index in [-0.39, 0.29) is 18.7 Å². The van der Waals surface area contributed by atoms with Crippen molar-refractivity contribution in [1.82, 2.24) is 0 Å². The van der Waals surface area contributed by atoms with Gasteiger partial charge < -0.3 is 19.3 Å². The van der Waals surface area contributed by atoms with Gasteiger partial charge in [0.15, 0.2) is 6.10 Å². The Hall–Kier alpha value is -1.59. The predicted octanol–water partition coefficient (Wildman–Crippen LogP) is 2.48. The molecule has 0 heterocycles. The molecule has 1 aromatic carbocycles. The first-order valence-corrected chi connectivity index (χ1v) is 7.69. The molecule has 0 aromatic heterocycles. The minimum Gasteiger partial charge on any atom is -0.494 e. The molecule has 0 fully saturated rings. The average molecular weight is 310 g/mol. The van der Waals surface area contributed by atoms with E-state index < -0.39 is 6.10 Å². The number of rotatable bonds is 9. The number of esters is 1. The Morgan fingerprint density at radius 2 is 1.95 bits per heavy atom. The highest BCUT2D eigenvalue weighted by Crippen LogP contribution is 2.22. The molecule has 0 aliphatic carbocycles. The topological polar surface area (TPSA) is 65.0 Å². The largest absolute Gasteiger partial charge is 0.494 e. The van der Waals surface area contributed by atoms with Gasteiger partial charge in [0.1, 0.15) is 5.75 Å². The highest BCUT2D eigenvalue weighted by Gasteiger charge is 2.22. The Labute approximate surface area is 132 Å². The minimum absolute atomic E-state index is 0.0746. The summed E-state index contributed by atoms with van der Waals surface area (Å²) >= 11 is 0. The van der Waals surface area contributed by atoms with Gasteiger partial charge in [-0.05, 0) is 45.4 Å². The molecule has 5 nitrogen and oxygen atoms in total. The number of hydrogen-bond donors (Lipinski definition) is 1. The smallest absolute Gasteiger partial charge is 0.335 e. The lowest BCUT2D eigenvalue weighted by molar-refractivity contribution is -0.159. The monoisotopic (exact) mass is 310 g/mol. The Bertz CT molecular complexity index is 470. The number of carbonyl (C=O) groups excluding carboxylic acids is 1. The van der Waals surface area contributed by atoms with E-state index in [9.17, 15) is 9.90 Å². The zero-order chi connectivity index (χ0) is 16.5. The summed E-state index contributed by atoms with van der Waals surface area (Å²) in [7, 11) is 0. The molecule has 1 atom stereocenters. The molecule has 0 radical (unpaired) electrons. The molecule has 5 heteroatoms. The zero-order valence-electron chi connectivity index (χ0n) is 13.8. The Balaban J connectivity index is 2.90. The zero-order valence-corrected chi connectivity index (χ0v) is 13.8. The normalized spacial score (nSPS) is 12.3. The van der Waals surface area contributed by atoms with Crippen LogP contribution in [0.2, 0.25) is 0 Å². The van der Waals surface area contributed by atoms with Crippen molar-refractivity contribution in [3.63, 3.8) is 0 Å². The summed E-state index contributed by atoms with van der Waals surface area (Å²) in [5.74, 6) is 0.293. The van der Waals surface area contributed by atoms with Gasteiger partial charge in [0.25, 0.3) is 0 Å². The molecule has 1 unspecified atom stereocenters. The third-order valence-electron chi connectivity index (χ3n) is 3.00. The molecule has 0 spiro atoms. The van der Waals surface area contributed by atoms with Crippen LogP contribution in [0.5, 0.6) is 5.75 Å². The third-order valence-corrected chi connectivity index (χ3v) is 3.00. The fourth-order valence-corrected chi connectivity index (χ4v) is 2.14. The Morgan fingerprint density at radius 1 is 1.23 bits per heavy atom. The highest BCUT2D eigenvalue weighted by atomic mass is 16.6. The van der Waals surface area contributed by atoms with Crippen LogP contribution in [-0.4, -0.2) is 36.5 Å². The van der Waals surface area contributed by atoms with E-state index in [0.29, 0.717) is 30.9 Å². The van der Waals surface area contributed by atoms with Gasteiger partial charge in [0.05, 0.1) is 25.9 Å². The lowest BCUT2D eigenvalue weighted by Crippen LogP contribution is -2.31. The first kappa shape index (κ1) is 18.5. The minimum atomic E-state index is -0.649. The second kappa shape index (κ2) is 9.43. The number of aliphatic hydroxyl groups is 1. The van der Waals surface area contributed by atoms with Gasteiger partial charge >= 0.3 is 5.97 Å². The maximum Gasteiger partial charge on any atom is 0.335 e. The Kier molecular flexibility index (Phi) is 7.91. The fraction of sp³-hybridized carbons (Fsp3) is 0.588. The van der Waals surface area contributed by atoms with Crippen molar-refractivity contribution < 1.29 is 24.1 Å². The van der Waals surface area contributed by atoms with Crippen LogP contribution < -0.4 is 4.74 Å². The van der Waals surface area contributed by atoms with Crippen molar-refractivity contribution >= 4 is 5.97 Å². The lowest BCUT2D eigenvalue weighted by Gasteiger charge is -2.19. The summed E-state index contributed by atoms with van der Waals surface area (Å²) in [5, 5.41) is 9.44. The summed E-state index contributed by atoms with van der Waals surface area (Å²) < 4.78 is 16.2. The molecule has 0 bridgehead atoms. The van der Waals surface area contributed by atoms with Crippen molar-refractivity contribution in [3.05, 3.63) is 29.3 Å². The summed E-state index contributed by atoms with van der Waals surface area (Å²) in [4.78, 5) is 12.0. The molecule has 124 valence electrons. The van der Waals surface area contributed by atoms with Crippen molar-refractivity contribution in [2.75, 3.05) is 13.2 Å². The molecule has 22 heavy (non-hydrogen) atoms. The van der Waals surface area contributed by atoms with Gasteiger partial charge in [-0.15, -0.1) is 0 Å². The Morgan fingerprint density at radius 3 is 2.50 bits per heavy atom. The number of aliphatic hydroxyl groups excluding tert-OH is 1. The van der Waals surface area contributed by atoms with E-state index in [4.69, 9.17) is 14.2 Å². The van der Waals surface area contributed by atoms with Crippen LogP contribution in [0.1, 0.15) is 38.8 Å². The molecule has 0 saturated heterocycles. The fourth-order valence-electron chi connectivity index (χ4n) is 2.14. The standard InChI is InChI=1S/C17H26O5/c1-5-20-15-8-7-13(9-14(15)11-18)10-16(22-12(3)4)17(19)21-6-2/h7-9,12,16,18H,5-6,10-11H2,1-4H3. The molecular formula is C17H26O5. The number of benzene rings is 1. The van der Waals surface area contributed by atoms with E-state index in [1.54, 1.807) is 6.92 Å². The molecule has 1 N–H and O–H groups in total. The maximum absolute atomic E-state index is 12.0. The van der Waals surface area contributed by atoms with Crippen molar-refractivity contribution in [2.45, 2.75) is 52.9 Å². The first-order valence-electron chi connectivity index (χ1n) is 7.69. The van der Waals surface area contributed by atoms with Gasteiger partial charge in [-0.2, -0.15) is 0 Å². The number of hydrogen-bond acceptors (Lipinski definition) is 5. The number of carbonyl (C=O) groups is 1. The van der Waals surface area contributed by atoms with Crippen LogP contribution in [0.15, 0.2) is 18.2 Å². The van der Waals surface area contributed by atoms with Crippen LogP contribution in [0.4, 0.5) is 0 Å². The van der Waals surface area contributed by atoms with E-state index in [1.165, 1.54) is 0 Å². The lowest BCUT2D eigenvalue weighted by atomic mass is 10.0. The number of ether oxygens (including phenoxy) is 3. The van der Waals surface area contributed by atoms with Gasteiger partial charge in [0.2, 0.25) is 0 Å². The van der Waals surface area contributed by atoms with Crippen molar-refractivity contribution in [3.8, 4) is 5.75 Å². The summed E-state index contributed by atoms with van der Waals surface area (Å²) in [6.07, 6.45) is -0.324. The van der Waals surface area contributed by atoms with E-state index in [0.717, 1.165) is 5.56 Å². The quantitative estimate of drug-likeness (QED) is 0.710. The van der Waals surface area contributed by atoms with Gasteiger partial charge in [-0.25, -0.2) is 4.79 Å². The molecular weight excluding hydrogens is 284 g/mol. The molecule has 1 rings (SSSR count). The van der Waals surface area contributed by atoms with Crippen LogP contribution in [0, 0.1) is 0 Å². The van der Waals surface area contributed by atoms with Crippen molar-refractivity contribution in [2.24, 2.45) is 0 Å². The summed E-state index contributed by atoms with van der Waals surface area (Å²) in [6, 6.07) is 5.52. The van der Waals surface area contributed by atoms with Gasteiger partial charge in [-0.1, -0.05) is 6.07 Å².